The lowest BCUT2D eigenvalue weighted by Crippen LogP contribution is -2.02. The van der Waals surface area contributed by atoms with Gasteiger partial charge in [-0.05, 0) is 25.3 Å². The van der Waals surface area contributed by atoms with Gasteiger partial charge in [-0.2, -0.15) is 0 Å². The summed E-state index contributed by atoms with van der Waals surface area (Å²) in [5.74, 6) is -0.702. The number of rotatable bonds is 6. The molecule has 0 aromatic heterocycles. The minimum atomic E-state index is -0.802. The molecule has 0 aliphatic heterocycles. The van der Waals surface area contributed by atoms with Crippen molar-refractivity contribution >= 4 is 11.8 Å². The molecule has 0 aliphatic rings. The van der Waals surface area contributed by atoms with Crippen molar-refractivity contribution in [1.82, 2.24) is 0 Å². The molecule has 0 heterocycles. The van der Waals surface area contributed by atoms with Gasteiger partial charge in [0, 0.05) is 18.4 Å². The normalized spacial score (nSPS) is 10.1. The number of carboxylic acids is 1. The highest BCUT2D eigenvalue weighted by Crippen LogP contribution is 2.12. The number of aliphatic carboxylic acids is 1. The van der Waals surface area contributed by atoms with Gasteiger partial charge in [-0.3, -0.25) is 9.59 Å². The third-order valence-corrected chi connectivity index (χ3v) is 2.49. The van der Waals surface area contributed by atoms with Gasteiger partial charge in [-0.25, -0.2) is 0 Å². The maximum Gasteiger partial charge on any atom is 0.303 e. The maximum absolute atomic E-state index is 11.8. The van der Waals surface area contributed by atoms with Crippen molar-refractivity contribution in [3.05, 3.63) is 35.4 Å². The van der Waals surface area contributed by atoms with Crippen LogP contribution in [0, 0.1) is 6.92 Å². The van der Waals surface area contributed by atoms with Gasteiger partial charge < -0.3 is 5.11 Å². The molecule has 0 spiro atoms. The SMILES string of the molecule is Cc1ccccc1C(=O)CCCCC(=O)O. The Bertz CT molecular complexity index is 383. The van der Waals surface area contributed by atoms with E-state index in [1.807, 2.05) is 31.2 Å². The lowest BCUT2D eigenvalue weighted by atomic mass is 10.0. The Morgan fingerprint density at radius 1 is 1.12 bits per heavy atom. The molecule has 0 atom stereocenters. The summed E-state index contributed by atoms with van der Waals surface area (Å²) < 4.78 is 0. The molecule has 86 valence electrons. The molecule has 0 saturated carbocycles. The van der Waals surface area contributed by atoms with E-state index in [0.29, 0.717) is 19.3 Å². The molecule has 0 unspecified atom stereocenters. The number of carbonyl (C=O) groups excluding carboxylic acids is 1. The summed E-state index contributed by atoms with van der Waals surface area (Å²) in [5, 5.41) is 8.45. The van der Waals surface area contributed by atoms with Gasteiger partial charge in [-0.15, -0.1) is 0 Å². The molecule has 0 amide bonds. The van der Waals surface area contributed by atoms with Crippen LogP contribution in [0.15, 0.2) is 24.3 Å². The Labute approximate surface area is 95.1 Å². The predicted octanol–water partition coefficient (Wildman–Crippen LogP) is 2.82. The zero-order valence-corrected chi connectivity index (χ0v) is 9.40. The molecule has 1 rings (SSSR count). The highest BCUT2D eigenvalue weighted by molar-refractivity contribution is 5.97. The Morgan fingerprint density at radius 3 is 2.38 bits per heavy atom. The number of Topliss-reactive ketones (excluding diaryl/α,β-unsaturated/α-hetero) is 1. The van der Waals surface area contributed by atoms with Gasteiger partial charge in [0.2, 0.25) is 0 Å². The van der Waals surface area contributed by atoms with Crippen molar-refractivity contribution in [2.75, 3.05) is 0 Å². The zero-order valence-electron chi connectivity index (χ0n) is 9.40. The van der Waals surface area contributed by atoms with E-state index in [1.165, 1.54) is 0 Å². The van der Waals surface area contributed by atoms with Gasteiger partial charge in [0.05, 0.1) is 0 Å². The van der Waals surface area contributed by atoms with Crippen LogP contribution in [0.1, 0.15) is 41.6 Å². The van der Waals surface area contributed by atoms with Crippen LogP contribution in [0.5, 0.6) is 0 Å². The van der Waals surface area contributed by atoms with Crippen LogP contribution in [-0.2, 0) is 4.79 Å². The first-order chi connectivity index (χ1) is 7.61. The maximum atomic E-state index is 11.8. The van der Waals surface area contributed by atoms with Gasteiger partial charge in [0.1, 0.15) is 0 Å². The summed E-state index contributed by atoms with van der Waals surface area (Å²) in [6.07, 6.45) is 1.77. The van der Waals surface area contributed by atoms with Crippen molar-refractivity contribution in [2.45, 2.75) is 32.6 Å². The second-order valence-corrected chi connectivity index (χ2v) is 3.84. The third-order valence-electron chi connectivity index (χ3n) is 2.49. The highest BCUT2D eigenvalue weighted by atomic mass is 16.4. The van der Waals surface area contributed by atoms with Crippen molar-refractivity contribution in [3.63, 3.8) is 0 Å². The predicted molar refractivity (Wildman–Crippen MR) is 61.6 cm³/mol. The smallest absolute Gasteiger partial charge is 0.303 e. The van der Waals surface area contributed by atoms with Crippen molar-refractivity contribution < 1.29 is 14.7 Å². The van der Waals surface area contributed by atoms with E-state index >= 15 is 0 Å². The van der Waals surface area contributed by atoms with Gasteiger partial charge >= 0.3 is 5.97 Å². The van der Waals surface area contributed by atoms with E-state index in [4.69, 9.17) is 5.11 Å². The quantitative estimate of drug-likeness (QED) is 0.592. The number of hydrogen-bond donors (Lipinski definition) is 1. The van der Waals surface area contributed by atoms with Crippen LogP contribution >= 0.6 is 0 Å². The number of benzene rings is 1. The molecule has 1 N–H and O–H groups in total. The number of unbranched alkanes of at least 4 members (excludes halogenated alkanes) is 1. The summed E-state index contributed by atoms with van der Waals surface area (Å²) in [7, 11) is 0. The monoisotopic (exact) mass is 220 g/mol. The van der Waals surface area contributed by atoms with Gasteiger partial charge in [-0.1, -0.05) is 24.3 Å². The molecule has 0 fully saturated rings. The molecule has 1 aromatic carbocycles. The van der Waals surface area contributed by atoms with Gasteiger partial charge in [0.25, 0.3) is 0 Å². The van der Waals surface area contributed by atoms with Crippen LogP contribution in [0.3, 0.4) is 0 Å². The summed E-state index contributed by atoms with van der Waals surface area (Å²) in [4.78, 5) is 22.0. The first kappa shape index (κ1) is 12.4. The lowest BCUT2D eigenvalue weighted by molar-refractivity contribution is -0.137. The molecular formula is C13H16O3. The number of aryl methyl sites for hydroxylation is 1. The largest absolute Gasteiger partial charge is 0.481 e. The Balaban J connectivity index is 2.41. The van der Waals surface area contributed by atoms with Crippen LogP contribution in [-0.4, -0.2) is 16.9 Å². The summed E-state index contributed by atoms with van der Waals surface area (Å²) in [6, 6.07) is 7.47. The summed E-state index contributed by atoms with van der Waals surface area (Å²) in [5.41, 5.74) is 1.73. The van der Waals surface area contributed by atoms with Crippen molar-refractivity contribution in [1.29, 1.82) is 0 Å². The average molecular weight is 220 g/mol. The third kappa shape index (κ3) is 3.85. The zero-order chi connectivity index (χ0) is 12.0. The molecule has 1 aromatic rings. The van der Waals surface area contributed by atoms with Crippen molar-refractivity contribution in [3.8, 4) is 0 Å². The van der Waals surface area contributed by atoms with E-state index < -0.39 is 5.97 Å². The number of carboxylic acid groups (broad SMARTS) is 1. The molecule has 3 nitrogen and oxygen atoms in total. The second kappa shape index (κ2) is 6.05. The van der Waals surface area contributed by atoms with Crippen molar-refractivity contribution in [2.24, 2.45) is 0 Å². The number of hydrogen-bond acceptors (Lipinski definition) is 2. The first-order valence-electron chi connectivity index (χ1n) is 5.42. The van der Waals surface area contributed by atoms with Gasteiger partial charge in [0.15, 0.2) is 5.78 Å². The summed E-state index contributed by atoms with van der Waals surface area (Å²) >= 11 is 0. The topological polar surface area (TPSA) is 54.4 Å². The summed E-state index contributed by atoms with van der Waals surface area (Å²) in [6.45, 7) is 1.91. The molecule has 0 aliphatic carbocycles. The average Bonchev–Trinajstić information content (AvgIpc) is 2.24. The molecule has 0 bridgehead atoms. The highest BCUT2D eigenvalue weighted by Gasteiger charge is 2.08. The Kier molecular flexibility index (Phi) is 4.70. The van der Waals surface area contributed by atoms with E-state index in [0.717, 1.165) is 11.1 Å². The van der Waals surface area contributed by atoms with Crippen LogP contribution in [0.4, 0.5) is 0 Å². The Morgan fingerprint density at radius 2 is 1.75 bits per heavy atom. The lowest BCUT2D eigenvalue weighted by Gasteiger charge is -2.03. The molecular weight excluding hydrogens is 204 g/mol. The van der Waals surface area contributed by atoms with E-state index in [9.17, 15) is 9.59 Å². The van der Waals surface area contributed by atoms with Crippen LogP contribution in [0.2, 0.25) is 0 Å². The second-order valence-electron chi connectivity index (χ2n) is 3.84. The standard InChI is InChI=1S/C13H16O3/c1-10-6-2-3-7-11(10)12(14)8-4-5-9-13(15)16/h2-3,6-7H,4-5,8-9H2,1H3,(H,15,16). The fourth-order valence-corrected chi connectivity index (χ4v) is 1.58. The van der Waals surface area contributed by atoms with Crippen LogP contribution in [0.25, 0.3) is 0 Å². The molecule has 3 heteroatoms. The van der Waals surface area contributed by atoms with E-state index in [-0.39, 0.29) is 12.2 Å². The number of ketones is 1. The fourth-order valence-electron chi connectivity index (χ4n) is 1.58. The molecule has 0 saturated heterocycles. The fraction of sp³-hybridized carbons (Fsp3) is 0.385. The van der Waals surface area contributed by atoms with E-state index in [1.54, 1.807) is 0 Å². The molecule has 0 radical (unpaired) electrons. The van der Waals surface area contributed by atoms with Crippen LogP contribution < -0.4 is 0 Å². The molecule has 16 heavy (non-hydrogen) atoms. The minimum Gasteiger partial charge on any atom is -0.481 e. The van der Waals surface area contributed by atoms with E-state index in [2.05, 4.69) is 0 Å². The first-order valence-corrected chi connectivity index (χ1v) is 5.42. The number of carbonyl (C=O) groups is 2. The minimum absolute atomic E-state index is 0.100. The Hall–Kier alpha value is -1.64.